The van der Waals surface area contributed by atoms with Crippen LogP contribution in [0.3, 0.4) is 0 Å². The lowest BCUT2D eigenvalue weighted by atomic mass is 10.1. The van der Waals surface area contributed by atoms with E-state index in [1.54, 1.807) is 0 Å². The van der Waals surface area contributed by atoms with Crippen LogP contribution in [0.25, 0.3) is 0 Å². The van der Waals surface area contributed by atoms with Gasteiger partial charge in [0.1, 0.15) is 4.60 Å². The summed E-state index contributed by atoms with van der Waals surface area (Å²) in [4.78, 5) is 4.40. The first-order chi connectivity index (χ1) is 5.70. The quantitative estimate of drug-likeness (QED) is 0.640. The van der Waals surface area contributed by atoms with Gasteiger partial charge in [-0.1, -0.05) is 11.6 Å². The fraction of sp³-hybridized carbons (Fsp3) is 0.444. The molecule has 1 aliphatic carbocycles. The maximum Gasteiger partial charge on any atom is 0.125 e. The highest BCUT2D eigenvalue weighted by Gasteiger charge is 2.18. The Balaban J connectivity index is 2.67. The van der Waals surface area contributed by atoms with Gasteiger partial charge in [0.15, 0.2) is 0 Å². The lowest BCUT2D eigenvalue weighted by Crippen LogP contribution is -1.94. The van der Waals surface area contributed by atoms with Gasteiger partial charge in [0.2, 0.25) is 0 Å². The Labute approximate surface area is 85.3 Å². The van der Waals surface area contributed by atoms with Crippen LogP contribution in [0, 0.1) is 6.92 Å². The molecule has 0 unspecified atom stereocenters. The number of hydrogen-bond donors (Lipinski definition) is 0. The van der Waals surface area contributed by atoms with Gasteiger partial charge in [-0.3, -0.25) is 0 Å². The first-order valence-electron chi connectivity index (χ1n) is 4.03. The highest BCUT2D eigenvalue weighted by Crippen LogP contribution is 2.32. The van der Waals surface area contributed by atoms with Crippen molar-refractivity contribution < 1.29 is 0 Å². The van der Waals surface area contributed by atoms with Gasteiger partial charge in [-0.15, -0.1) is 0 Å². The third kappa shape index (κ3) is 1.17. The van der Waals surface area contributed by atoms with Crippen molar-refractivity contribution in [1.82, 2.24) is 4.98 Å². The summed E-state index contributed by atoms with van der Waals surface area (Å²) in [6.07, 6.45) is 3.46. The third-order valence-electron chi connectivity index (χ3n) is 2.38. The predicted octanol–water partition coefficient (Wildman–Crippen LogP) is 3.29. The van der Waals surface area contributed by atoms with E-state index in [4.69, 9.17) is 11.6 Å². The minimum absolute atomic E-state index is 0.774. The number of rotatable bonds is 0. The fourth-order valence-electron chi connectivity index (χ4n) is 1.71. The number of halogens is 2. The molecule has 64 valence electrons. The summed E-state index contributed by atoms with van der Waals surface area (Å²) in [6, 6.07) is 0. The summed E-state index contributed by atoms with van der Waals surface area (Å²) in [7, 11) is 0. The molecule has 0 fully saturated rings. The summed E-state index contributed by atoms with van der Waals surface area (Å²) in [5.41, 5.74) is 3.79. The first-order valence-corrected chi connectivity index (χ1v) is 5.20. The highest BCUT2D eigenvalue weighted by atomic mass is 79.9. The van der Waals surface area contributed by atoms with Gasteiger partial charge < -0.3 is 0 Å². The molecular weight excluding hydrogens is 237 g/mol. The Morgan fingerprint density at radius 3 is 2.92 bits per heavy atom. The van der Waals surface area contributed by atoms with E-state index in [1.165, 1.54) is 23.2 Å². The average molecular weight is 247 g/mol. The van der Waals surface area contributed by atoms with Crippen molar-refractivity contribution in [2.24, 2.45) is 0 Å². The molecule has 1 aromatic heterocycles. The minimum atomic E-state index is 0.774. The molecule has 0 aromatic carbocycles. The van der Waals surface area contributed by atoms with Crippen LogP contribution in [0.1, 0.15) is 23.2 Å². The summed E-state index contributed by atoms with van der Waals surface area (Å²) in [5, 5.41) is 0.774. The van der Waals surface area contributed by atoms with E-state index < -0.39 is 0 Å². The molecule has 0 aliphatic heterocycles. The average Bonchev–Trinajstić information content (AvgIpc) is 2.48. The van der Waals surface area contributed by atoms with Gasteiger partial charge in [0, 0.05) is 5.69 Å². The van der Waals surface area contributed by atoms with Crippen LogP contribution < -0.4 is 0 Å². The van der Waals surface area contributed by atoms with E-state index in [0.29, 0.717) is 0 Å². The van der Waals surface area contributed by atoms with Gasteiger partial charge in [-0.05, 0) is 53.2 Å². The Bertz CT molecular complexity index is 336. The smallest absolute Gasteiger partial charge is 0.125 e. The molecule has 12 heavy (non-hydrogen) atoms. The normalized spacial score (nSPS) is 14.9. The van der Waals surface area contributed by atoms with Crippen LogP contribution >= 0.6 is 27.5 Å². The molecule has 1 heterocycles. The molecule has 3 heteroatoms. The van der Waals surface area contributed by atoms with E-state index in [-0.39, 0.29) is 0 Å². The van der Waals surface area contributed by atoms with Crippen molar-refractivity contribution in [2.45, 2.75) is 26.2 Å². The molecule has 2 rings (SSSR count). The standard InChI is InChI=1S/C9H9BrClN/c1-5-6-3-2-4-7(6)12-9(10)8(5)11/h2-4H2,1H3. The van der Waals surface area contributed by atoms with Gasteiger partial charge >= 0.3 is 0 Å². The van der Waals surface area contributed by atoms with E-state index in [2.05, 4.69) is 27.8 Å². The minimum Gasteiger partial charge on any atom is -0.244 e. The topological polar surface area (TPSA) is 12.9 Å². The summed E-state index contributed by atoms with van der Waals surface area (Å²) in [6.45, 7) is 2.07. The second-order valence-electron chi connectivity index (χ2n) is 3.12. The van der Waals surface area contributed by atoms with Gasteiger partial charge in [0.05, 0.1) is 5.02 Å². The summed E-state index contributed by atoms with van der Waals surface area (Å²) in [5.74, 6) is 0. The van der Waals surface area contributed by atoms with Crippen LogP contribution in [-0.4, -0.2) is 4.98 Å². The largest absolute Gasteiger partial charge is 0.244 e. The van der Waals surface area contributed by atoms with Gasteiger partial charge in [-0.2, -0.15) is 0 Å². The number of nitrogens with zero attached hydrogens (tertiary/aromatic N) is 1. The van der Waals surface area contributed by atoms with Crippen LogP contribution in [-0.2, 0) is 12.8 Å². The fourth-order valence-corrected chi connectivity index (χ4v) is 2.38. The van der Waals surface area contributed by atoms with Crippen LogP contribution in [0.4, 0.5) is 0 Å². The molecule has 0 saturated carbocycles. The van der Waals surface area contributed by atoms with Crippen molar-refractivity contribution in [3.8, 4) is 0 Å². The highest BCUT2D eigenvalue weighted by molar-refractivity contribution is 9.10. The lowest BCUT2D eigenvalue weighted by molar-refractivity contribution is 0.897. The molecule has 0 amide bonds. The van der Waals surface area contributed by atoms with Crippen molar-refractivity contribution in [1.29, 1.82) is 0 Å². The van der Waals surface area contributed by atoms with E-state index in [0.717, 1.165) is 22.5 Å². The number of pyridine rings is 1. The van der Waals surface area contributed by atoms with Crippen molar-refractivity contribution in [2.75, 3.05) is 0 Å². The molecule has 1 aliphatic rings. The Kier molecular flexibility index (Phi) is 2.13. The van der Waals surface area contributed by atoms with Crippen LogP contribution in [0.5, 0.6) is 0 Å². The van der Waals surface area contributed by atoms with Crippen molar-refractivity contribution in [3.05, 3.63) is 26.4 Å². The Morgan fingerprint density at radius 2 is 2.17 bits per heavy atom. The molecule has 0 saturated heterocycles. The zero-order valence-electron chi connectivity index (χ0n) is 6.82. The number of aromatic nitrogens is 1. The van der Waals surface area contributed by atoms with Gasteiger partial charge in [-0.25, -0.2) is 4.98 Å². The molecule has 0 spiro atoms. The summed E-state index contributed by atoms with van der Waals surface area (Å²) >= 11 is 9.41. The predicted molar refractivity (Wildman–Crippen MR) is 53.7 cm³/mol. The molecular formula is C9H9BrClN. The molecule has 0 radical (unpaired) electrons. The number of aryl methyl sites for hydroxylation is 1. The zero-order chi connectivity index (χ0) is 8.72. The Morgan fingerprint density at radius 1 is 1.42 bits per heavy atom. The SMILES string of the molecule is Cc1c(Cl)c(Br)nc2c1CCC2. The van der Waals surface area contributed by atoms with Crippen molar-refractivity contribution in [3.63, 3.8) is 0 Å². The maximum atomic E-state index is 6.05. The molecule has 1 aromatic rings. The van der Waals surface area contributed by atoms with E-state index >= 15 is 0 Å². The first kappa shape index (κ1) is 8.52. The van der Waals surface area contributed by atoms with Crippen molar-refractivity contribution >= 4 is 27.5 Å². The Hall–Kier alpha value is -0.0800. The summed E-state index contributed by atoms with van der Waals surface area (Å²) < 4.78 is 0.794. The zero-order valence-corrected chi connectivity index (χ0v) is 9.17. The third-order valence-corrected chi connectivity index (χ3v) is 3.65. The molecule has 1 nitrogen and oxygen atoms in total. The maximum absolute atomic E-state index is 6.05. The second kappa shape index (κ2) is 3.00. The number of fused-ring (bicyclic) bond motifs is 1. The lowest BCUT2D eigenvalue weighted by Gasteiger charge is -2.06. The molecule has 0 N–H and O–H groups in total. The molecule has 0 atom stereocenters. The monoisotopic (exact) mass is 245 g/mol. The second-order valence-corrected chi connectivity index (χ2v) is 4.25. The van der Waals surface area contributed by atoms with Crippen LogP contribution in [0.2, 0.25) is 5.02 Å². The van der Waals surface area contributed by atoms with Gasteiger partial charge in [0.25, 0.3) is 0 Å². The number of hydrogen-bond acceptors (Lipinski definition) is 1. The van der Waals surface area contributed by atoms with Crippen LogP contribution in [0.15, 0.2) is 4.60 Å². The van der Waals surface area contributed by atoms with E-state index in [9.17, 15) is 0 Å². The molecule has 0 bridgehead atoms. The van der Waals surface area contributed by atoms with E-state index in [1.807, 2.05) is 0 Å².